The molecule has 5 nitrogen and oxygen atoms in total. The minimum absolute atomic E-state index is 0.0189. The smallest absolute Gasteiger partial charge is 0.320 e. The van der Waals surface area contributed by atoms with E-state index in [1.807, 2.05) is 18.7 Å². The molecule has 0 aliphatic carbocycles. The summed E-state index contributed by atoms with van der Waals surface area (Å²) in [6.45, 7) is 6.05. The maximum absolute atomic E-state index is 13.7. The first-order valence-corrected chi connectivity index (χ1v) is 7.93. The van der Waals surface area contributed by atoms with Crippen molar-refractivity contribution in [1.82, 2.24) is 9.80 Å². The number of carbonyl (C=O) groups excluding carboxylic acids is 2. The molecule has 0 spiro atoms. The predicted octanol–water partition coefficient (Wildman–Crippen LogP) is 2.23. The van der Waals surface area contributed by atoms with Crippen molar-refractivity contribution in [2.45, 2.75) is 39.0 Å². The lowest BCUT2D eigenvalue weighted by Crippen LogP contribution is -2.53. The number of aldehydes is 1. The second kappa shape index (κ2) is 6.28. The van der Waals surface area contributed by atoms with Gasteiger partial charge in [-0.2, -0.15) is 0 Å². The summed E-state index contributed by atoms with van der Waals surface area (Å²) in [6, 6.07) is 2.95. The fourth-order valence-electron chi connectivity index (χ4n) is 3.39. The van der Waals surface area contributed by atoms with Crippen LogP contribution in [0.25, 0.3) is 0 Å². The summed E-state index contributed by atoms with van der Waals surface area (Å²) in [4.78, 5) is 27.2. The van der Waals surface area contributed by atoms with Crippen LogP contribution in [0.1, 0.15) is 35.3 Å². The van der Waals surface area contributed by atoms with Crippen molar-refractivity contribution in [1.29, 1.82) is 0 Å². The van der Waals surface area contributed by atoms with E-state index in [-0.39, 0.29) is 23.8 Å². The highest BCUT2D eigenvalue weighted by atomic mass is 19.1. The molecule has 1 fully saturated rings. The van der Waals surface area contributed by atoms with Gasteiger partial charge in [-0.15, -0.1) is 0 Å². The highest BCUT2D eigenvalue weighted by Gasteiger charge is 2.30. The number of amides is 2. The van der Waals surface area contributed by atoms with E-state index in [1.54, 1.807) is 11.0 Å². The Balaban J connectivity index is 1.76. The Morgan fingerprint density at radius 2 is 1.91 bits per heavy atom. The normalized spacial score (nSPS) is 24.3. The number of rotatable bonds is 1. The summed E-state index contributed by atoms with van der Waals surface area (Å²) >= 11 is 0. The zero-order valence-corrected chi connectivity index (χ0v) is 13.4. The van der Waals surface area contributed by atoms with E-state index in [0.717, 1.165) is 11.1 Å². The third kappa shape index (κ3) is 3.22. The van der Waals surface area contributed by atoms with E-state index < -0.39 is 5.82 Å². The number of nitrogens with zero attached hydrogens (tertiary/aromatic N) is 2. The molecule has 2 atom stereocenters. The minimum Gasteiger partial charge on any atom is -0.372 e. The fraction of sp³-hybridized carbons (Fsp3) is 0.529. The molecule has 2 amide bonds. The Kier molecular flexibility index (Phi) is 4.35. The topological polar surface area (TPSA) is 49.9 Å². The van der Waals surface area contributed by atoms with Crippen molar-refractivity contribution < 1.29 is 18.7 Å². The zero-order chi connectivity index (χ0) is 16.6. The Bertz CT molecular complexity index is 625. The van der Waals surface area contributed by atoms with Gasteiger partial charge in [0.05, 0.1) is 17.8 Å². The number of carbonyl (C=O) groups is 2. The van der Waals surface area contributed by atoms with Gasteiger partial charge >= 0.3 is 6.03 Å². The van der Waals surface area contributed by atoms with Crippen LogP contribution in [-0.2, 0) is 17.7 Å². The summed E-state index contributed by atoms with van der Waals surface area (Å²) in [5.74, 6) is -0.491. The number of benzene rings is 1. The van der Waals surface area contributed by atoms with Crippen LogP contribution in [0.3, 0.4) is 0 Å². The van der Waals surface area contributed by atoms with Crippen molar-refractivity contribution in [2.24, 2.45) is 0 Å². The Morgan fingerprint density at radius 1 is 1.22 bits per heavy atom. The molecule has 0 bridgehead atoms. The molecule has 124 valence electrons. The summed E-state index contributed by atoms with van der Waals surface area (Å²) in [7, 11) is 0. The lowest BCUT2D eigenvalue weighted by atomic mass is 9.97. The highest BCUT2D eigenvalue weighted by molar-refractivity contribution is 5.77. The summed E-state index contributed by atoms with van der Waals surface area (Å²) in [6.07, 6.45) is 1.17. The molecule has 2 heterocycles. The first-order valence-electron chi connectivity index (χ1n) is 7.93. The molecule has 2 aliphatic rings. The van der Waals surface area contributed by atoms with Gasteiger partial charge in [0.2, 0.25) is 0 Å². The molecule has 2 unspecified atom stereocenters. The first-order chi connectivity index (χ1) is 11.0. The van der Waals surface area contributed by atoms with Gasteiger partial charge in [-0.25, -0.2) is 9.18 Å². The van der Waals surface area contributed by atoms with Crippen molar-refractivity contribution in [2.75, 3.05) is 19.6 Å². The van der Waals surface area contributed by atoms with Crippen LogP contribution in [0.4, 0.5) is 9.18 Å². The Labute approximate surface area is 135 Å². The number of hydrogen-bond acceptors (Lipinski definition) is 3. The van der Waals surface area contributed by atoms with Crippen LogP contribution in [-0.4, -0.2) is 54.0 Å². The number of morpholine rings is 1. The van der Waals surface area contributed by atoms with E-state index in [0.29, 0.717) is 38.9 Å². The molecule has 1 saturated heterocycles. The molecule has 0 aromatic heterocycles. The molecule has 23 heavy (non-hydrogen) atoms. The molecule has 0 radical (unpaired) electrons. The third-order valence-corrected chi connectivity index (χ3v) is 4.42. The first kappa shape index (κ1) is 15.9. The van der Waals surface area contributed by atoms with Crippen LogP contribution >= 0.6 is 0 Å². The average Bonchev–Trinajstić information content (AvgIpc) is 2.52. The van der Waals surface area contributed by atoms with Crippen LogP contribution in [0.2, 0.25) is 0 Å². The predicted molar refractivity (Wildman–Crippen MR) is 82.9 cm³/mol. The SMILES string of the molecule is CC1CN(C(=O)N2CCc3cc(F)c(C=O)cc3C2)CC(C)O1. The van der Waals surface area contributed by atoms with Crippen molar-refractivity contribution >= 4 is 12.3 Å². The van der Waals surface area contributed by atoms with Crippen LogP contribution < -0.4 is 0 Å². The fourth-order valence-corrected chi connectivity index (χ4v) is 3.39. The number of hydrogen-bond donors (Lipinski definition) is 0. The molecular formula is C17H21FN2O3. The van der Waals surface area contributed by atoms with Crippen molar-refractivity contribution in [3.05, 3.63) is 34.6 Å². The molecular weight excluding hydrogens is 299 g/mol. The molecule has 2 aliphatic heterocycles. The largest absolute Gasteiger partial charge is 0.372 e. The van der Waals surface area contributed by atoms with E-state index in [1.165, 1.54) is 6.07 Å². The van der Waals surface area contributed by atoms with E-state index in [4.69, 9.17) is 4.74 Å². The summed E-state index contributed by atoms with van der Waals surface area (Å²) in [5.41, 5.74) is 1.77. The molecule has 1 aromatic carbocycles. The zero-order valence-electron chi connectivity index (χ0n) is 13.4. The third-order valence-electron chi connectivity index (χ3n) is 4.42. The number of halogens is 1. The Morgan fingerprint density at radius 3 is 2.57 bits per heavy atom. The quantitative estimate of drug-likeness (QED) is 0.746. The van der Waals surface area contributed by atoms with E-state index in [2.05, 4.69) is 0 Å². The van der Waals surface area contributed by atoms with Gasteiger partial charge in [-0.3, -0.25) is 4.79 Å². The standard InChI is InChI=1S/C17H21FN2O3/c1-11-7-20(8-12(2)23-11)17(22)19-4-3-13-6-16(18)15(10-21)5-14(13)9-19/h5-6,10-12H,3-4,7-9H2,1-2H3. The van der Waals surface area contributed by atoms with E-state index >= 15 is 0 Å². The second-order valence-corrected chi connectivity index (χ2v) is 6.38. The van der Waals surface area contributed by atoms with Gasteiger partial charge in [0, 0.05) is 26.2 Å². The maximum atomic E-state index is 13.7. The van der Waals surface area contributed by atoms with Crippen LogP contribution in [0.15, 0.2) is 12.1 Å². The Hall–Kier alpha value is -1.95. The molecule has 3 rings (SSSR count). The average molecular weight is 320 g/mol. The van der Waals surface area contributed by atoms with Crippen LogP contribution in [0, 0.1) is 5.82 Å². The monoisotopic (exact) mass is 320 g/mol. The van der Waals surface area contributed by atoms with Crippen molar-refractivity contribution in [3.63, 3.8) is 0 Å². The number of fused-ring (bicyclic) bond motifs is 1. The second-order valence-electron chi connectivity index (χ2n) is 6.38. The maximum Gasteiger partial charge on any atom is 0.320 e. The van der Waals surface area contributed by atoms with Gasteiger partial charge in [-0.1, -0.05) is 0 Å². The van der Waals surface area contributed by atoms with Gasteiger partial charge in [0.1, 0.15) is 5.82 Å². The van der Waals surface area contributed by atoms with Gasteiger partial charge in [0.25, 0.3) is 0 Å². The lowest BCUT2D eigenvalue weighted by molar-refractivity contribution is -0.0585. The summed E-state index contributed by atoms with van der Waals surface area (Å²) < 4.78 is 19.3. The minimum atomic E-state index is -0.491. The molecule has 6 heteroatoms. The molecule has 0 N–H and O–H groups in total. The van der Waals surface area contributed by atoms with Gasteiger partial charge in [-0.05, 0) is 43.5 Å². The molecule has 0 saturated carbocycles. The number of ether oxygens (including phenoxy) is 1. The van der Waals surface area contributed by atoms with Crippen LogP contribution in [0.5, 0.6) is 0 Å². The summed E-state index contributed by atoms with van der Waals surface area (Å²) in [5, 5.41) is 0. The highest BCUT2D eigenvalue weighted by Crippen LogP contribution is 2.24. The van der Waals surface area contributed by atoms with Crippen molar-refractivity contribution in [3.8, 4) is 0 Å². The lowest BCUT2D eigenvalue weighted by Gasteiger charge is -2.39. The molecule has 1 aromatic rings. The van der Waals surface area contributed by atoms with E-state index in [9.17, 15) is 14.0 Å². The number of urea groups is 1. The van der Waals surface area contributed by atoms with Gasteiger partial charge < -0.3 is 14.5 Å². The van der Waals surface area contributed by atoms with Gasteiger partial charge in [0.15, 0.2) is 6.29 Å².